The van der Waals surface area contributed by atoms with Gasteiger partial charge in [0.05, 0.1) is 18.4 Å². The lowest BCUT2D eigenvalue weighted by Crippen LogP contribution is -2.45. The van der Waals surface area contributed by atoms with Crippen LogP contribution in [0.1, 0.15) is 26.7 Å². The molecular weight excluding hydrogens is 242 g/mol. The van der Waals surface area contributed by atoms with Crippen LogP contribution in [0, 0.1) is 0 Å². The fourth-order valence-corrected chi connectivity index (χ4v) is 2.94. The van der Waals surface area contributed by atoms with Gasteiger partial charge in [-0.25, -0.2) is 4.79 Å². The molecule has 0 aromatic heterocycles. The van der Waals surface area contributed by atoms with Crippen molar-refractivity contribution in [3.8, 4) is 0 Å². The van der Waals surface area contributed by atoms with Crippen LogP contribution in [0.25, 0.3) is 0 Å². The van der Waals surface area contributed by atoms with Crippen LogP contribution in [0.5, 0.6) is 0 Å². The van der Waals surface area contributed by atoms with Crippen LogP contribution in [-0.2, 0) is 14.3 Å². The first-order chi connectivity index (χ1) is 8.07. The summed E-state index contributed by atoms with van der Waals surface area (Å²) in [6, 6.07) is -0.686. The van der Waals surface area contributed by atoms with Crippen molar-refractivity contribution < 1.29 is 19.4 Å². The van der Waals surface area contributed by atoms with Gasteiger partial charge in [0, 0.05) is 12.4 Å². The van der Waals surface area contributed by atoms with Gasteiger partial charge in [0.2, 0.25) is 5.91 Å². The Bertz CT molecular complexity index is 285. The molecule has 1 fully saturated rings. The Balaban J connectivity index is 2.45. The number of aliphatic carboxylic acids is 1. The molecule has 0 spiro atoms. The lowest BCUT2D eigenvalue weighted by molar-refractivity contribution is -0.149. The van der Waals surface area contributed by atoms with Crippen LogP contribution >= 0.6 is 11.8 Å². The number of hydrogen-bond donors (Lipinski definition) is 1. The van der Waals surface area contributed by atoms with Crippen molar-refractivity contribution in [3.63, 3.8) is 0 Å². The van der Waals surface area contributed by atoms with Crippen molar-refractivity contribution in [1.29, 1.82) is 0 Å². The lowest BCUT2D eigenvalue weighted by atomic mass is 10.2. The fourth-order valence-electron chi connectivity index (χ4n) is 1.75. The number of carbonyl (C=O) groups is 2. The molecule has 1 aliphatic heterocycles. The summed E-state index contributed by atoms with van der Waals surface area (Å²) in [7, 11) is 0. The Morgan fingerprint density at radius 2 is 2.18 bits per heavy atom. The van der Waals surface area contributed by atoms with E-state index in [0.29, 0.717) is 19.0 Å². The van der Waals surface area contributed by atoms with Crippen molar-refractivity contribution >= 4 is 23.6 Å². The van der Waals surface area contributed by atoms with E-state index in [1.165, 1.54) is 16.7 Å². The smallest absolute Gasteiger partial charge is 0.327 e. The van der Waals surface area contributed by atoms with Crippen molar-refractivity contribution in [2.75, 3.05) is 19.0 Å². The van der Waals surface area contributed by atoms with Gasteiger partial charge < -0.3 is 14.7 Å². The minimum absolute atomic E-state index is 0.0604. The molecule has 1 rings (SSSR count). The second-order valence-electron chi connectivity index (χ2n) is 3.95. The number of carboxylic acid groups (broad SMARTS) is 1. The third kappa shape index (κ3) is 3.89. The molecule has 1 saturated heterocycles. The lowest BCUT2D eigenvalue weighted by Gasteiger charge is -2.24. The minimum Gasteiger partial charge on any atom is -0.480 e. The molecule has 2 atom stereocenters. The molecule has 1 amide bonds. The third-order valence-electron chi connectivity index (χ3n) is 2.60. The van der Waals surface area contributed by atoms with Gasteiger partial charge in [-0.2, -0.15) is 0 Å². The molecule has 0 aromatic rings. The van der Waals surface area contributed by atoms with Gasteiger partial charge in [-0.3, -0.25) is 4.79 Å². The van der Waals surface area contributed by atoms with E-state index < -0.39 is 12.0 Å². The molecule has 6 heteroatoms. The first-order valence-corrected chi connectivity index (χ1v) is 6.86. The average molecular weight is 261 g/mol. The maximum absolute atomic E-state index is 11.9. The number of hydrogen-bond acceptors (Lipinski definition) is 4. The summed E-state index contributed by atoms with van der Waals surface area (Å²) < 4.78 is 5.24. The molecule has 0 bridgehead atoms. The van der Waals surface area contributed by atoms with Crippen LogP contribution in [0.15, 0.2) is 0 Å². The first kappa shape index (κ1) is 14.3. The van der Waals surface area contributed by atoms with Crippen molar-refractivity contribution in [3.05, 3.63) is 0 Å². The summed E-state index contributed by atoms with van der Waals surface area (Å²) >= 11 is 1.50. The average Bonchev–Trinajstić information content (AvgIpc) is 2.66. The highest BCUT2D eigenvalue weighted by molar-refractivity contribution is 8.00. The van der Waals surface area contributed by atoms with E-state index in [-0.39, 0.29) is 17.7 Å². The van der Waals surface area contributed by atoms with Gasteiger partial charge in [0.15, 0.2) is 0 Å². The molecule has 5 nitrogen and oxygen atoms in total. The van der Waals surface area contributed by atoms with Crippen LogP contribution < -0.4 is 0 Å². The zero-order valence-electron chi connectivity index (χ0n) is 10.2. The molecule has 98 valence electrons. The predicted octanol–water partition coefficient (Wildman–Crippen LogP) is 1.18. The van der Waals surface area contributed by atoms with E-state index in [1.54, 1.807) is 0 Å². The second kappa shape index (κ2) is 6.86. The maximum Gasteiger partial charge on any atom is 0.327 e. The maximum atomic E-state index is 11.9. The fraction of sp³-hybridized carbons (Fsp3) is 0.818. The summed E-state index contributed by atoms with van der Waals surface area (Å²) in [6.45, 7) is 4.87. The molecule has 1 aliphatic rings. The number of thioether (sulfide) groups is 1. The molecule has 0 aromatic carbocycles. The van der Waals surface area contributed by atoms with Crippen molar-refractivity contribution in [2.45, 2.75) is 38.1 Å². The summed E-state index contributed by atoms with van der Waals surface area (Å²) in [5.41, 5.74) is 0. The predicted molar refractivity (Wildman–Crippen MR) is 65.9 cm³/mol. The highest BCUT2D eigenvalue weighted by Gasteiger charge is 2.38. The van der Waals surface area contributed by atoms with E-state index in [9.17, 15) is 9.59 Å². The molecule has 0 radical (unpaired) electrons. The normalized spacial score (nSPS) is 24.0. The Labute approximate surface area is 105 Å². The van der Waals surface area contributed by atoms with E-state index >= 15 is 0 Å². The summed E-state index contributed by atoms with van der Waals surface area (Å²) in [6.07, 6.45) is 1.18. The zero-order valence-corrected chi connectivity index (χ0v) is 11.0. The number of carboxylic acids is 1. The second-order valence-corrected chi connectivity index (χ2v) is 5.30. The summed E-state index contributed by atoms with van der Waals surface area (Å²) in [4.78, 5) is 24.4. The summed E-state index contributed by atoms with van der Waals surface area (Å²) in [5, 5.41) is 8.96. The van der Waals surface area contributed by atoms with Gasteiger partial charge in [-0.05, 0) is 13.3 Å². The highest BCUT2D eigenvalue weighted by atomic mass is 32.2. The highest BCUT2D eigenvalue weighted by Crippen LogP contribution is 2.29. The molecule has 1 N–H and O–H groups in total. The first-order valence-electron chi connectivity index (χ1n) is 5.81. The molecule has 17 heavy (non-hydrogen) atoms. The zero-order chi connectivity index (χ0) is 12.8. The number of ether oxygens (including phenoxy) is 1. The van der Waals surface area contributed by atoms with E-state index in [4.69, 9.17) is 9.84 Å². The number of amides is 1. The number of carbonyl (C=O) groups excluding carboxylic acids is 1. The van der Waals surface area contributed by atoms with E-state index in [0.717, 1.165) is 6.42 Å². The molecule has 1 heterocycles. The van der Waals surface area contributed by atoms with E-state index in [1.807, 2.05) is 13.8 Å². The SMILES string of the molecule is CCCOCCC(=O)N1C(C)SCC1C(=O)O. The topological polar surface area (TPSA) is 66.8 Å². The number of rotatable bonds is 6. The van der Waals surface area contributed by atoms with Gasteiger partial charge in [0.1, 0.15) is 6.04 Å². The van der Waals surface area contributed by atoms with Gasteiger partial charge in [-0.1, -0.05) is 6.92 Å². The van der Waals surface area contributed by atoms with Gasteiger partial charge in [-0.15, -0.1) is 11.8 Å². The summed E-state index contributed by atoms with van der Waals surface area (Å²) in [5.74, 6) is -0.589. The van der Waals surface area contributed by atoms with Crippen molar-refractivity contribution in [1.82, 2.24) is 4.90 Å². The van der Waals surface area contributed by atoms with Crippen LogP contribution in [0.4, 0.5) is 0 Å². The number of nitrogens with zero attached hydrogens (tertiary/aromatic N) is 1. The third-order valence-corrected chi connectivity index (χ3v) is 3.82. The van der Waals surface area contributed by atoms with Crippen LogP contribution in [-0.4, -0.2) is 52.3 Å². The Morgan fingerprint density at radius 1 is 1.47 bits per heavy atom. The molecule has 0 aliphatic carbocycles. The minimum atomic E-state index is -0.926. The Hall–Kier alpha value is -0.750. The van der Waals surface area contributed by atoms with Crippen molar-refractivity contribution in [2.24, 2.45) is 0 Å². The largest absolute Gasteiger partial charge is 0.480 e. The quantitative estimate of drug-likeness (QED) is 0.727. The van der Waals surface area contributed by atoms with Gasteiger partial charge in [0.25, 0.3) is 0 Å². The van der Waals surface area contributed by atoms with Gasteiger partial charge >= 0.3 is 5.97 Å². The molecule has 2 unspecified atom stereocenters. The van der Waals surface area contributed by atoms with E-state index in [2.05, 4.69) is 0 Å². The van der Waals surface area contributed by atoms with Crippen LogP contribution in [0.3, 0.4) is 0 Å². The Morgan fingerprint density at radius 3 is 2.76 bits per heavy atom. The molecular formula is C11H19NO4S. The monoisotopic (exact) mass is 261 g/mol. The standard InChI is InChI=1S/C11H19NO4S/c1-3-5-16-6-4-10(13)12-8(2)17-7-9(12)11(14)15/h8-9H,3-7H2,1-2H3,(H,14,15). The molecule has 0 saturated carbocycles. The van der Waals surface area contributed by atoms with Crippen LogP contribution in [0.2, 0.25) is 0 Å². The Kier molecular flexibility index (Phi) is 5.77.